The number of hydrogen-bond acceptors (Lipinski definition) is 3. The van der Waals surface area contributed by atoms with Crippen molar-refractivity contribution in [3.8, 4) is 0 Å². The summed E-state index contributed by atoms with van der Waals surface area (Å²) in [6, 6.07) is 13.4. The van der Waals surface area contributed by atoms with Gasteiger partial charge in [-0.1, -0.05) is 18.2 Å². The fraction of sp³-hybridized carbons (Fsp3) is 0.235. The molecular weight excluding hydrogens is 262 g/mol. The van der Waals surface area contributed by atoms with E-state index in [0.717, 1.165) is 22.5 Å². The first-order chi connectivity index (χ1) is 10.1. The minimum Gasteiger partial charge on any atom is -0.398 e. The zero-order chi connectivity index (χ0) is 15.2. The molecule has 1 amide bonds. The highest BCUT2D eigenvalue weighted by Crippen LogP contribution is 2.19. The molecule has 0 saturated carbocycles. The van der Waals surface area contributed by atoms with Crippen LogP contribution in [0.1, 0.15) is 28.4 Å². The van der Waals surface area contributed by atoms with Crippen molar-refractivity contribution in [3.63, 3.8) is 0 Å². The Labute approximate surface area is 125 Å². The minimum absolute atomic E-state index is 0.0422. The number of benzene rings is 2. The van der Waals surface area contributed by atoms with Crippen molar-refractivity contribution in [1.82, 2.24) is 5.32 Å². The molecule has 4 N–H and O–H groups in total. The van der Waals surface area contributed by atoms with Crippen molar-refractivity contribution >= 4 is 17.3 Å². The first-order valence-corrected chi connectivity index (χ1v) is 7.08. The molecule has 4 nitrogen and oxygen atoms in total. The lowest BCUT2D eigenvalue weighted by atomic mass is 10.1. The molecule has 2 aromatic carbocycles. The summed E-state index contributed by atoms with van der Waals surface area (Å²) < 4.78 is 0. The van der Waals surface area contributed by atoms with E-state index in [4.69, 9.17) is 5.73 Å². The van der Waals surface area contributed by atoms with Gasteiger partial charge in [0.05, 0.1) is 0 Å². The second-order valence-electron chi connectivity index (χ2n) is 4.94. The van der Waals surface area contributed by atoms with E-state index in [2.05, 4.69) is 10.6 Å². The summed E-state index contributed by atoms with van der Waals surface area (Å²) in [6.45, 7) is 5.18. The third-order valence-corrected chi connectivity index (χ3v) is 3.35. The molecule has 0 fully saturated rings. The van der Waals surface area contributed by atoms with Crippen LogP contribution in [0.4, 0.5) is 11.4 Å². The first kappa shape index (κ1) is 14.9. The van der Waals surface area contributed by atoms with Crippen LogP contribution in [0.3, 0.4) is 0 Å². The van der Waals surface area contributed by atoms with E-state index in [1.54, 1.807) is 0 Å². The molecule has 0 bridgehead atoms. The summed E-state index contributed by atoms with van der Waals surface area (Å²) >= 11 is 0. The largest absolute Gasteiger partial charge is 0.398 e. The average molecular weight is 283 g/mol. The number of hydrogen-bond donors (Lipinski definition) is 3. The Kier molecular flexibility index (Phi) is 4.82. The number of carbonyl (C=O) groups excluding carboxylic acids is 1. The number of para-hydroxylation sites is 1. The Morgan fingerprint density at radius 1 is 1.19 bits per heavy atom. The number of amides is 1. The van der Waals surface area contributed by atoms with Gasteiger partial charge in [-0.15, -0.1) is 0 Å². The normalized spacial score (nSPS) is 10.2. The standard InChI is InChI=1S/C17H21N3O/c1-3-19-17(21)13-8-9-16(12(2)10-13)20-11-14-6-4-5-7-15(14)18/h4-10,20H,3,11,18H2,1-2H3,(H,19,21). The van der Waals surface area contributed by atoms with E-state index in [1.165, 1.54) is 0 Å². The quantitative estimate of drug-likeness (QED) is 0.739. The molecule has 2 aromatic rings. The smallest absolute Gasteiger partial charge is 0.251 e. The highest BCUT2D eigenvalue weighted by molar-refractivity contribution is 5.94. The molecule has 4 heteroatoms. The van der Waals surface area contributed by atoms with Gasteiger partial charge in [-0.25, -0.2) is 0 Å². The summed E-state index contributed by atoms with van der Waals surface area (Å²) in [5.41, 5.74) is 10.5. The number of nitrogens with two attached hydrogens (primary N) is 1. The summed E-state index contributed by atoms with van der Waals surface area (Å²) in [5.74, 6) is -0.0422. The van der Waals surface area contributed by atoms with Gasteiger partial charge in [0.1, 0.15) is 0 Å². The summed E-state index contributed by atoms with van der Waals surface area (Å²) in [7, 11) is 0. The lowest BCUT2D eigenvalue weighted by Gasteiger charge is -2.12. The summed E-state index contributed by atoms with van der Waals surface area (Å²) in [4.78, 5) is 11.8. The van der Waals surface area contributed by atoms with Gasteiger partial charge in [0.25, 0.3) is 5.91 Å². The maximum atomic E-state index is 11.8. The van der Waals surface area contributed by atoms with Crippen LogP contribution in [-0.2, 0) is 6.54 Å². The number of rotatable bonds is 5. The van der Waals surface area contributed by atoms with Gasteiger partial charge in [0.15, 0.2) is 0 Å². The van der Waals surface area contributed by atoms with Crippen molar-refractivity contribution in [1.29, 1.82) is 0 Å². The number of carbonyl (C=O) groups is 1. The Hall–Kier alpha value is -2.49. The van der Waals surface area contributed by atoms with Crippen LogP contribution < -0.4 is 16.4 Å². The third kappa shape index (κ3) is 3.75. The molecule has 0 heterocycles. The van der Waals surface area contributed by atoms with E-state index >= 15 is 0 Å². The van der Waals surface area contributed by atoms with Crippen LogP contribution in [-0.4, -0.2) is 12.5 Å². The van der Waals surface area contributed by atoms with Crippen LogP contribution in [0.5, 0.6) is 0 Å². The van der Waals surface area contributed by atoms with E-state index in [9.17, 15) is 4.79 Å². The van der Waals surface area contributed by atoms with E-state index in [0.29, 0.717) is 18.7 Å². The summed E-state index contributed by atoms with van der Waals surface area (Å²) in [6.07, 6.45) is 0. The Balaban J connectivity index is 2.08. The number of aryl methyl sites for hydroxylation is 1. The maximum absolute atomic E-state index is 11.8. The molecule has 0 spiro atoms. The van der Waals surface area contributed by atoms with Gasteiger partial charge >= 0.3 is 0 Å². The molecule has 0 unspecified atom stereocenters. The molecule has 0 atom stereocenters. The zero-order valence-corrected chi connectivity index (χ0v) is 12.4. The van der Waals surface area contributed by atoms with Crippen molar-refractivity contribution in [2.75, 3.05) is 17.6 Å². The Bertz CT molecular complexity index is 638. The van der Waals surface area contributed by atoms with Gasteiger partial charge in [-0.3, -0.25) is 4.79 Å². The van der Waals surface area contributed by atoms with Crippen molar-refractivity contribution in [2.45, 2.75) is 20.4 Å². The maximum Gasteiger partial charge on any atom is 0.251 e. The lowest BCUT2D eigenvalue weighted by Crippen LogP contribution is -2.22. The number of anilines is 2. The van der Waals surface area contributed by atoms with E-state index < -0.39 is 0 Å². The van der Waals surface area contributed by atoms with Crippen LogP contribution >= 0.6 is 0 Å². The molecule has 0 aromatic heterocycles. The zero-order valence-electron chi connectivity index (χ0n) is 12.4. The molecule has 0 aliphatic rings. The Morgan fingerprint density at radius 3 is 2.62 bits per heavy atom. The molecular formula is C17H21N3O. The Morgan fingerprint density at radius 2 is 1.95 bits per heavy atom. The van der Waals surface area contributed by atoms with E-state index in [1.807, 2.05) is 56.3 Å². The highest BCUT2D eigenvalue weighted by atomic mass is 16.1. The molecule has 0 saturated heterocycles. The summed E-state index contributed by atoms with van der Waals surface area (Å²) in [5, 5.41) is 6.15. The molecule has 0 aliphatic heterocycles. The highest BCUT2D eigenvalue weighted by Gasteiger charge is 2.07. The van der Waals surface area contributed by atoms with Crippen LogP contribution in [0.15, 0.2) is 42.5 Å². The van der Waals surface area contributed by atoms with Crippen LogP contribution in [0, 0.1) is 6.92 Å². The van der Waals surface area contributed by atoms with Crippen LogP contribution in [0.25, 0.3) is 0 Å². The van der Waals surface area contributed by atoms with Crippen molar-refractivity contribution < 1.29 is 4.79 Å². The molecule has 110 valence electrons. The van der Waals surface area contributed by atoms with Gasteiger partial charge in [0.2, 0.25) is 0 Å². The van der Waals surface area contributed by atoms with Crippen molar-refractivity contribution in [3.05, 3.63) is 59.2 Å². The molecule has 2 rings (SSSR count). The fourth-order valence-electron chi connectivity index (χ4n) is 2.15. The molecule has 0 aliphatic carbocycles. The number of nitrogens with one attached hydrogen (secondary N) is 2. The predicted octanol–water partition coefficient (Wildman–Crippen LogP) is 2.94. The van der Waals surface area contributed by atoms with Gasteiger partial charge in [-0.2, -0.15) is 0 Å². The second kappa shape index (κ2) is 6.79. The first-order valence-electron chi connectivity index (χ1n) is 7.08. The fourth-order valence-corrected chi connectivity index (χ4v) is 2.15. The van der Waals surface area contributed by atoms with Crippen LogP contribution in [0.2, 0.25) is 0 Å². The second-order valence-corrected chi connectivity index (χ2v) is 4.94. The molecule has 0 radical (unpaired) electrons. The van der Waals surface area contributed by atoms with Gasteiger partial charge in [0, 0.05) is 30.0 Å². The lowest BCUT2D eigenvalue weighted by molar-refractivity contribution is 0.0956. The minimum atomic E-state index is -0.0422. The average Bonchev–Trinajstić information content (AvgIpc) is 2.47. The predicted molar refractivity (Wildman–Crippen MR) is 87.4 cm³/mol. The topological polar surface area (TPSA) is 67.2 Å². The van der Waals surface area contributed by atoms with Gasteiger partial charge < -0.3 is 16.4 Å². The van der Waals surface area contributed by atoms with E-state index in [-0.39, 0.29) is 5.91 Å². The third-order valence-electron chi connectivity index (χ3n) is 3.35. The molecule has 21 heavy (non-hydrogen) atoms. The monoisotopic (exact) mass is 283 g/mol. The van der Waals surface area contributed by atoms with Gasteiger partial charge in [-0.05, 0) is 49.2 Å². The SMILES string of the molecule is CCNC(=O)c1ccc(NCc2ccccc2N)c(C)c1. The van der Waals surface area contributed by atoms with Crippen molar-refractivity contribution in [2.24, 2.45) is 0 Å². The number of nitrogen functional groups attached to an aromatic ring is 1.